The molecular formula is C30H62N4O6S2. The van der Waals surface area contributed by atoms with Gasteiger partial charge in [-0.3, -0.25) is 9.11 Å². The van der Waals surface area contributed by atoms with Gasteiger partial charge in [0.15, 0.2) is 0 Å². The van der Waals surface area contributed by atoms with Crippen LogP contribution in [-0.2, 0) is 20.2 Å². The first-order valence-corrected chi connectivity index (χ1v) is 18.7. The highest BCUT2D eigenvalue weighted by molar-refractivity contribution is 7.86. The van der Waals surface area contributed by atoms with Crippen LogP contribution in [0.4, 0.5) is 11.4 Å². The van der Waals surface area contributed by atoms with Crippen molar-refractivity contribution in [1.29, 1.82) is 0 Å². The number of hydrogen-bond acceptors (Lipinski definition) is 8. The van der Waals surface area contributed by atoms with Gasteiger partial charge in [0.25, 0.3) is 20.2 Å². The van der Waals surface area contributed by atoms with Gasteiger partial charge < -0.3 is 21.3 Å². The normalized spacial score (nSPS) is 11.7. The van der Waals surface area contributed by atoms with Gasteiger partial charge in [0.1, 0.15) is 9.79 Å². The summed E-state index contributed by atoms with van der Waals surface area (Å²) >= 11 is 0. The second-order valence-electron chi connectivity index (χ2n) is 10.7. The summed E-state index contributed by atoms with van der Waals surface area (Å²) in [7, 11) is -9.38. The summed E-state index contributed by atoms with van der Waals surface area (Å²) in [6, 6.07) is 1.29. The number of nitrogens with two attached hydrogens (primary N) is 2. The third-order valence-corrected chi connectivity index (χ3v) is 8.48. The molecule has 1 aromatic carbocycles. The zero-order valence-corrected chi connectivity index (χ0v) is 28.9. The smallest absolute Gasteiger partial charge is 0.296 e. The van der Waals surface area contributed by atoms with E-state index in [0.717, 1.165) is 6.07 Å². The quantitative estimate of drug-likeness (QED) is 0.0888. The highest BCUT2D eigenvalue weighted by Crippen LogP contribution is 2.27. The predicted octanol–water partition coefficient (Wildman–Crippen LogP) is 6.72. The summed E-state index contributed by atoms with van der Waals surface area (Å²) in [6.07, 6.45) is 16.2. The Balaban J connectivity index is 0. The molecule has 6 N–H and O–H groups in total. The first-order valence-electron chi connectivity index (χ1n) is 15.8. The number of anilines is 2. The third kappa shape index (κ3) is 21.3. The maximum atomic E-state index is 10.8. The summed E-state index contributed by atoms with van der Waals surface area (Å²) in [5.41, 5.74) is 9.60. The number of benzene rings is 1. The molecule has 0 fully saturated rings. The molecule has 0 amide bonds. The Morgan fingerprint density at radius 2 is 0.714 bits per heavy atom. The summed E-state index contributed by atoms with van der Waals surface area (Å²) < 4.78 is 60.7. The predicted molar refractivity (Wildman–Crippen MR) is 177 cm³/mol. The lowest BCUT2D eigenvalue weighted by molar-refractivity contribution is 0.261. The Morgan fingerprint density at radius 3 is 0.881 bits per heavy atom. The molecule has 0 aliphatic carbocycles. The molecule has 0 saturated carbocycles. The van der Waals surface area contributed by atoms with Gasteiger partial charge in [-0.15, -0.1) is 0 Å². The van der Waals surface area contributed by atoms with Crippen molar-refractivity contribution in [2.24, 2.45) is 0 Å². The SMILES string of the molecule is CCCCN(CCCC)CCCC.CCCCN(CCCC)CCCC.Nc1cc(N)c(S(=O)(=O)O)cc1S(=O)(=O)O. The molecule has 0 saturated heterocycles. The molecular weight excluding hydrogens is 576 g/mol. The maximum Gasteiger partial charge on any atom is 0.296 e. The Hall–Kier alpha value is -1.44. The van der Waals surface area contributed by atoms with Crippen molar-refractivity contribution in [2.45, 2.75) is 128 Å². The molecule has 0 heterocycles. The maximum absolute atomic E-state index is 10.8. The Kier molecular flexibility index (Phi) is 25.4. The largest absolute Gasteiger partial charge is 0.398 e. The van der Waals surface area contributed by atoms with Crippen LogP contribution in [0.5, 0.6) is 0 Å². The topological polar surface area (TPSA) is 167 Å². The standard InChI is InChI=1S/2C12H27N.C6H8N2O6S2/c2*1-4-7-10-13(11-8-5-2)12-9-6-3;7-3-1-4(8)6(16(12,13)14)2-5(3)15(9,10)11/h2*4-12H2,1-3H3;1-2H,7-8H2,(H,9,10,11)(H,12,13,14). The van der Waals surface area contributed by atoms with E-state index >= 15 is 0 Å². The summed E-state index contributed by atoms with van der Waals surface area (Å²) in [5.74, 6) is 0. The van der Waals surface area contributed by atoms with Crippen LogP contribution in [0.15, 0.2) is 21.9 Å². The van der Waals surface area contributed by atoms with Crippen molar-refractivity contribution >= 4 is 31.6 Å². The fourth-order valence-corrected chi connectivity index (χ4v) is 5.33. The Bertz CT molecular complexity index is 906. The zero-order valence-electron chi connectivity index (χ0n) is 27.3. The van der Waals surface area contributed by atoms with Gasteiger partial charge in [-0.1, -0.05) is 80.1 Å². The molecule has 1 rings (SSSR count). The average Bonchev–Trinajstić information content (AvgIpc) is 2.91. The van der Waals surface area contributed by atoms with E-state index in [2.05, 4.69) is 51.3 Å². The fourth-order valence-electron chi connectivity index (χ4n) is 4.00. The molecule has 1 aromatic rings. The molecule has 10 nitrogen and oxygen atoms in total. The molecule has 0 atom stereocenters. The minimum Gasteiger partial charge on any atom is -0.398 e. The highest BCUT2D eigenvalue weighted by atomic mass is 32.2. The lowest BCUT2D eigenvalue weighted by Crippen LogP contribution is -2.27. The molecule has 0 spiro atoms. The van der Waals surface area contributed by atoms with E-state index in [1.807, 2.05) is 0 Å². The van der Waals surface area contributed by atoms with Crippen LogP contribution < -0.4 is 11.5 Å². The summed E-state index contributed by atoms with van der Waals surface area (Å²) in [4.78, 5) is 3.59. The van der Waals surface area contributed by atoms with Gasteiger partial charge in [0.05, 0.1) is 11.4 Å². The van der Waals surface area contributed by atoms with Crippen molar-refractivity contribution < 1.29 is 25.9 Å². The Morgan fingerprint density at radius 1 is 0.500 bits per heavy atom. The first-order chi connectivity index (χ1) is 19.7. The number of rotatable bonds is 20. The third-order valence-electron chi connectivity index (χ3n) is 6.67. The van der Waals surface area contributed by atoms with Crippen LogP contribution in [0.2, 0.25) is 0 Å². The van der Waals surface area contributed by atoms with Gasteiger partial charge >= 0.3 is 0 Å². The zero-order chi connectivity index (χ0) is 32.6. The van der Waals surface area contributed by atoms with Crippen molar-refractivity contribution in [3.8, 4) is 0 Å². The van der Waals surface area contributed by atoms with E-state index in [1.54, 1.807) is 0 Å². The van der Waals surface area contributed by atoms with Crippen LogP contribution >= 0.6 is 0 Å². The molecule has 0 unspecified atom stereocenters. The number of nitrogens with zero attached hydrogens (tertiary/aromatic N) is 2. The molecule has 250 valence electrons. The average molecular weight is 639 g/mol. The second kappa shape index (κ2) is 24.9. The van der Waals surface area contributed by atoms with Crippen LogP contribution in [0.3, 0.4) is 0 Å². The molecule has 0 aromatic heterocycles. The van der Waals surface area contributed by atoms with Crippen LogP contribution in [-0.4, -0.2) is 75.0 Å². The molecule has 0 bridgehead atoms. The molecule has 42 heavy (non-hydrogen) atoms. The number of nitrogen functional groups attached to an aromatic ring is 2. The monoisotopic (exact) mass is 638 g/mol. The van der Waals surface area contributed by atoms with E-state index in [0.29, 0.717) is 6.07 Å². The van der Waals surface area contributed by atoms with Gasteiger partial charge in [0.2, 0.25) is 0 Å². The first kappa shape index (κ1) is 42.7. The summed E-state index contributed by atoms with van der Waals surface area (Å²) in [5, 5.41) is 0. The number of unbranched alkanes of at least 4 members (excludes halogenated alkanes) is 6. The molecule has 12 heteroatoms. The van der Waals surface area contributed by atoms with E-state index in [9.17, 15) is 16.8 Å². The van der Waals surface area contributed by atoms with Gasteiger partial charge in [-0.2, -0.15) is 16.8 Å². The van der Waals surface area contributed by atoms with Crippen molar-refractivity contribution in [3.05, 3.63) is 12.1 Å². The van der Waals surface area contributed by atoms with Crippen molar-refractivity contribution in [3.63, 3.8) is 0 Å². The molecule has 0 aliphatic heterocycles. The van der Waals surface area contributed by atoms with Gasteiger partial charge in [-0.05, 0) is 89.9 Å². The minimum atomic E-state index is -4.69. The lowest BCUT2D eigenvalue weighted by Gasteiger charge is -2.21. The molecule has 0 aliphatic rings. The van der Waals surface area contributed by atoms with E-state index in [-0.39, 0.29) is 0 Å². The van der Waals surface area contributed by atoms with Crippen molar-refractivity contribution in [2.75, 3.05) is 50.7 Å². The fraction of sp³-hybridized carbons (Fsp3) is 0.800. The second-order valence-corrected chi connectivity index (χ2v) is 13.5. The van der Waals surface area contributed by atoms with Gasteiger partial charge in [0, 0.05) is 0 Å². The van der Waals surface area contributed by atoms with Crippen LogP contribution in [0.25, 0.3) is 0 Å². The van der Waals surface area contributed by atoms with E-state index < -0.39 is 41.4 Å². The van der Waals surface area contributed by atoms with E-state index in [4.69, 9.17) is 20.6 Å². The van der Waals surface area contributed by atoms with E-state index in [1.165, 1.54) is 116 Å². The van der Waals surface area contributed by atoms with Crippen molar-refractivity contribution in [1.82, 2.24) is 9.80 Å². The van der Waals surface area contributed by atoms with Crippen LogP contribution in [0.1, 0.15) is 119 Å². The molecule has 0 radical (unpaired) electrons. The van der Waals surface area contributed by atoms with Gasteiger partial charge in [-0.25, -0.2) is 0 Å². The highest BCUT2D eigenvalue weighted by Gasteiger charge is 2.22. The minimum absolute atomic E-state index is 0.424. The summed E-state index contributed by atoms with van der Waals surface area (Å²) in [6.45, 7) is 21.5. The Labute approximate surface area is 258 Å². The van der Waals surface area contributed by atoms with Crippen LogP contribution in [0, 0.1) is 0 Å². The lowest BCUT2D eigenvalue weighted by atomic mass is 10.2. The number of hydrogen-bond donors (Lipinski definition) is 4.